The first kappa shape index (κ1) is 10.5. The normalized spacial score (nSPS) is 24.1. The van der Waals surface area contributed by atoms with Crippen molar-refractivity contribution in [2.45, 2.75) is 45.4 Å². The van der Waals surface area contributed by atoms with Crippen LogP contribution >= 0.6 is 0 Å². The number of rotatable bonds is 4. The fraction of sp³-hybridized carbons (Fsp3) is 0.571. The van der Waals surface area contributed by atoms with Crippen LogP contribution in [-0.2, 0) is 0 Å². The summed E-state index contributed by atoms with van der Waals surface area (Å²) in [7, 11) is 0. The Labute approximate surface area is 92.1 Å². The summed E-state index contributed by atoms with van der Waals surface area (Å²) in [5, 5.41) is 9.45. The summed E-state index contributed by atoms with van der Waals surface area (Å²) in [4.78, 5) is 0. The highest BCUT2D eigenvalue weighted by atomic mass is 16.3. The second-order valence-electron chi connectivity index (χ2n) is 4.79. The van der Waals surface area contributed by atoms with E-state index in [1.54, 1.807) is 0 Å². The minimum Gasteiger partial charge on any atom is -0.508 e. The van der Waals surface area contributed by atoms with Crippen molar-refractivity contribution in [1.82, 2.24) is 0 Å². The van der Waals surface area contributed by atoms with Crippen LogP contribution in [0.2, 0.25) is 0 Å². The largest absolute Gasteiger partial charge is 0.508 e. The van der Waals surface area contributed by atoms with E-state index in [1.807, 2.05) is 13.0 Å². The SMILES string of the molecule is CCCCC1CC1c1ccc(O)c(C)c1. The van der Waals surface area contributed by atoms with Gasteiger partial charge in [-0.25, -0.2) is 0 Å². The van der Waals surface area contributed by atoms with Crippen LogP contribution in [0.3, 0.4) is 0 Å². The lowest BCUT2D eigenvalue weighted by Gasteiger charge is -2.03. The molecule has 0 aliphatic heterocycles. The first-order valence-corrected chi connectivity index (χ1v) is 6.02. The molecule has 1 fully saturated rings. The van der Waals surface area contributed by atoms with E-state index < -0.39 is 0 Å². The molecule has 1 N–H and O–H groups in total. The fourth-order valence-electron chi connectivity index (χ4n) is 2.35. The smallest absolute Gasteiger partial charge is 0.118 e. The third-order valence-electron chi connectivity index (χ3n) is 3.50. The minimum absolute atomic E-state index is 0.421. The number of phenols is 1. The van der Waals surface area contributed by atoms with Gasteiger partial charge < -0.3 is 5.11 Å². The monoisotopic (exact) mass is 204 g/mol. The number of unbranched alkanes of at least 4 members (excludes halogenated alkanes) is 1. The summed E-state index contributed by atoms with van der Waals surface area (Å²) in [6.07, 6.45) is 5.39. The lowest BCUT2D eigenvalue weighted by Crippen LogP contribution is -1.86. The van der Waals surface area contributed by atoms with Gasteiger partial charge in [-0.1, -0.05) is 31.9 Å². The van der Waals surface area contributed by atoms with E-state index in [4.69, 9.17) is 0 Å². The van der Waals surface area contributed by atoms with Crippen molar-refractivity contribution in [3.8, 4) is 5.75 Å². The summed E-state index contributed by atoms with van der Waals surface area (Å²) in [6, 6.07) is 6.06. The maximum Gasteiger partial charge on any atom is 0.118 e. The predicted octanol–water partition coefficient (Wildman–Crippen LogP) is 3.99. The van der Waals surface area contributed by atoms with E-state index in [1.165, 1.54) is 31.2 Å². The van der Waals surface area contributed by atoms with Crippen LogP contribution in [0.1, 0.15) is 49.7 Å². The molecule has 0 heterocycles. The Morgan fingerprint density at radius 1 is 1.40 bits per heavy atom. The van der Waals surface area contributed by atoms with Crippen LogP contribution in [0.15, 0.2) is 18.2 Å². The molecular formula is C14H20O. The third-order valence-corrected chi connectivity index (χ3v) is 3.50. The average molecular weight is 204 g/mol. The standard InChI is InChI=1S/C14H20O/c1-3-4-5-11-9-13(11)12-6-7-14(15)10(2)8-12/h6-8,11,13,15H,3-5,9H2,1-2H3. The van der Waals surface area contributed by atoms with Crippen LogP contribution in [0.5, 0.6) is 5.75 Å². The first-order chi connectivity index (χ1) is 7.22. The van der Waals surface area contributed by atoms with Gasteiger partial charge in [0.25, 0.3) is 0 Å². The molecule has 0 radical (unpaired) electrons. The lowest BCUT2D eigenvalue weighted by atomic mass is 10.0. The molecule has 2 atom stereocenters. The Hall–Kier alpha value is -0.980. The molecule has 0 spiro atoms. The quantitative estimate of drug-likeness (QED) is 0.786. The van der Waals surface area contributed by atoms with Crippen LogP contribution in [0.25, 0.3) is 0 Å². The first-order valence-electron chi connectivity index (χ1n) is 6.02. The zero-order valence-corrected chi connectivity index (χ0v) is 9.66. The minimum atomic E-state index is 0.421. The molecule has 1 aliphatic carbocycles. The van der Waals surface area contributed by atoms with Crippen molar-refractivity contribution in [3.05, 3.63) is 29.3 Å². The number of hydrogen-bond acceptors (Lipinski definition) is 1. The molecule has 0 bridgehead atoms. The Kier molecular flexibility index (Phi) is 2.99. The Morgan fingerprint density at radius 3 is 2.87 bits per heavy atom. The van der Waals surface area contributed by atoms with Crippen molar-refractivity contribution in [3.63, 3.8) is 0 Å². The molecule has 1 heteroatoms. The van der Waals surface area contributed by atoms with E-state index in [0.717, 1.165) is 17.4 Å². The molecule has 82 valence electrons. The molecule has 1 aromatic rings. The van der Waals surface area contributed by atoms with Gasteiger partial charge in [-0.15, -0.1) is 0 Å². The van der Waals surface area contributed by atoms with Gasteiger partial charge in [-0.05, 0) is 48.8 Å². The molecule has 2 rings (SSSR count). The highest BCUT2D eigenvalue weighted by molar-refractivity contribution is 5.38. The molecule has 1 aliphatic rings. The number of phenolic OH excluding ortho intramolecular Hbond substituents is 1. The van der Waals surface area contributed by atoms with Crippen LogP contribution in [-0.4, -0.2) is 5.11 Å². The molecule has 0 amide bonds. The van der Waals surface area contributed by atoms with E-state index in [0.29, 0.717) is 5.75 Å². The number of benzene rings is 1. The van der Waals surface area contributed by atoms with Gasteiger partial charge in [0.15, 0.2) is 0 Å². The second-order valence-corrected chi connectivity index (χ2v) is 4.79. The van der Waals surface area contributed by atoms with Gasteiger partial charge in [0.2, 0.25) is 0 Å². The van der Waals surface area contributed by atoms with Gasteiger partial charge in [-0.3, -0.25) is 0 Å². The fourth-order valence-corrected chi connectivity index (χ4v) is 2.35. The van der Waals surface area contributed by atoms with Crippen LogP contribution in [0.4, 0.5) is 0 Å². The van der Waals surface area contributed by atoms with Gasteiger partial charge in [0, 0.05) is 0 Å². The number of aryl methyl sites for hydroxylation is 1. The summed E-state index contributed by atoms with van der Waals surface area (Å²) in [5.41, 5.74) is 2.43. The van der Waals surface area contributed by atoms with Crippen molar-refractivity contribution in [1.29, 1.82) is 0 Å². The predicted molar refractivity (Wildman–Crippen MR) is 63.2 cm³/mol. The summed E-state index contributed by atoms with van der Waals surface area (Å²) < 4.78 is 0. The summed E-state index contributed by atoms with van der Waals surface area (Å²) in [5.74, 6) is 2.11. The highest BCUT2D eigenvalue weighted by Crippen LogP contribution is 2.50. The maximum absolute atomic E-state index is 9.45. The van der Waals surface area contributed by atoms with E-state index in [-0.39, 0.29) is 0 Å². The Balaban J connectivity index is 1.98. The number of aromatic hydroxyl groups is 1. The molecule has 1 saturated carbocycles. The molecular weight excluding hydrogens is 184 g/mol. The molecule has 0 saturated heterocycles. The summed E-state index contributed by atoms with van der Waals surface area (Å²) >= 11 is 0. The Bertz CT molecular complexity index is 343. The van der Waals surface area contributed by atoms with Crippen molar-refractivity contribution < 1.29 is 5.11 Å². The van der Waals surface area contributed by atoms with E-state index in [9.17, 15) is 5.11 Å². The number of hydrogen-bond donors (Lipinski definition) is 1. The van der Waals surface area contributed by atoms with Crippen LogP contribution in [0, 0.1) is 12.8 Å². The van der Waals surface area contributed by atoms with Gasteiger partial charge in [0.05, 0.1) is 0 Å². The maximum atomic E-state index is 9.45. The zero-order chi connectivity index (χ0) is 10.8. The second kappa shape index (κ2) is 4.26. The average Bonchev–Trinajstić information content (AvgIpc) is 2.98. The third kappa shape index (κ3) is 2.34. The van der Waals surface area contributed by atoms with Crippen molar-refractivity contribution in [2.75, 3.05) is 0 Å². The van der Waals surface area contributed by atoms with Gasteiger partial charge in [-0.2, -0.15) is 0 Å². The highest BCUT2D eigenvalue weighted by Gasteiger charge is 2.37. The van der Waals surface area contributed by atoms with E-state index in [2.05, 4.69) is 19.1 Å². The summed E-state index contributed by atoms with van der Waals surface area (Å²) in [6.45, 7) is 4.23. The molecule has 1 nitrogen and oxygen atoms in total. The topological polar surface area (TPSA) is 20.2 Å². The lowest BCUT2D eigenvalue weighted by molar-refractivity contribution is 0.471. The van der Waals surface area contributed by atoms with Crippen molar-refractivity contribution >= 4 is 0 Å². The molecule has 1 aromatic carbocycles. The van der Waals surface area contributed by atoms with E-state index >= 15 is 0 Å². The zero-order valence-electron chi connectivity index (χ0n) is 9.66. The molecule has 2 unspecified atom stereocenters. The van der Waals surface area contributed by atoms with Gasteiger partial charge in [0.1, 0.15) is 5.75 Å². The van der Waals surface area contributed by atoms with Gasteiger partial charge >= 0.3 is 0 Å². The van der Waals surface area contributed by atoms with Crippen LogP contribution < -0.4 is 0 Å². The molecule has 15 heavy (non-hydrogen) atoms. The Morgan fingerprint density at radius 2 is 2.20 bits per heavy atom. The van der Waals surface area contributed by atoms with Crippen molar-refractivity contribution in [2.24, 2.45) is 5.92 Å². The molecule has 0 aromatic heterocycles.